The molecular formula is C24H28F4N4O. The molecule has 33 heavy (non-hydrogen) atoms. The van der Waals surface area contributed by atoms with Gasteiger partial charge in [0.1, 0.15) is 17.7 Å². The van der Waals surface area contributed by atoms with E-state index in [1.807, 2.05) is 32.9 Å². The lowest BCUT2D eigenvalue weighted by Gasteiger charge is -2.35. The maximum atomic E-state index is 13.5. The molecule has 2 heterocycles. The van der Waals surface area contributed by atoms with Crippen LogP contribution in [0.3, 0.4) is 0 Å². The molecule has 5 nitrogen and oxygen atoms in total. The molecule has 1 aliphatic rings. The second-order valence-corrected chi connectivity index (χ2v) is 8.53. The molecule has 2 atom stereocenters. The van der Waals surface area contributed by atoms with Crippen LogP contribution in [0.15, 0.2) is 54.0 Å². The van der Waals surface area contributed by atoms with Crippen molar-refractivity contribution < 1.29 is 22.4 Å². The van der Waals surface area contributed by atoms with Gasteiger partial charge in [-0.3, -0.25) is 4.79 Å². The number of nitrogens with zero attached hydrogens (tertiary/aromatic N) is 3. The number of carbonyl (C=O) groups excluding carboxylic acids is 1. The van der Waals surface area contributed by atoms with E-state index in [1.165, 1.54) is 30.5 Å². The predicted molar refractivity (Wildman–Crippen MR) is 119 cm³/mol. The van der Waals surface area contributed by atoms with Gasteiger partial charge < -0.3 is 14.8 Å². The van der Waals surface area contributed by atoms with E-state index < -0.39 is 23.8 Å². The van der Waals surface area contributed by atoms with Gasteiger partial charge in [0.2, 0.25) is 5.91 Å². The van der Waals surface area contributed by atoms with E-state index in [2.05, 4.69) is 15.2 Å². The number of hydrogen-bond donors (Lipinski definition) is 1. The summed E-state index contributed by atoms with van der Waals surface area (Å²) in [6, 6.07) is 5.28. The summed E-state index contributed by atoms with van der Waals surface area (Å²) in [5.41, 5.74) is 1.15. The van der Waals surface area contributed by atoms with Gasteiger partial charge in [-0.15, -0.1) is 0 Å². The first-order chi connectivity index (χ1) is 15.4. The molecule has 1 amide bonds. The van der Waals surface area contributed by atoms with E-state index >= 15 is 0 Å². The molecule has 1 aromatic heterocycles. The zero-order valence-electron chi connectivity index (χ0n) is 19.2. The number of hydrogen-bond acceptors (Lipinski definition) is 3. The van der Waals surface area contributed by atoms with E-state index in [-0.39, 0.29) is 23.6 Å². The standard InChI is InChI=1S/C24H28F4N4O/c1-14(2)22-20(8-6-7-15(3)32(22)19-11-9-18(25)10-12-19)30-23(33)16(4)31-13-21(24(26,27)28)29-17(31)5/h6,8-16H,7H2,1-5H3,(H,30,33). The number of imidazole rings is 1. The molecule has 0 spiro atoms. The lowest BCUT2D eigenvalue weighted by atomic mass is 10.0. The Morgan fingerprint density at radius 3 is 2.36 bits per heavy atom. The molecule has 9 heteroatoms. The van der Waals surface area contributed by atoms with Crippen LogP contribution in [0.5, 0.6) is 0 Å². The average molecular weight is 465 g/mol. The fraction of sp³-hybridized carbons (Fsp3) is 0.417. The minimum absolute atomic E-state index is 0.00216. The quantitative estimate of drug-likeness (QED) is 0.574. The number of amides is 1. The Morgan fingerprint density at radius 2 is 1.82 bits per heavy atom. The van der Waals surface area contributed by atoms with Crippen molar-refractivity contribution in [3.05, 3.63) is 71.3 Å². The Labute approximate surface area is 190 Å². The molecule has 0 radical (unpaired) electrons. The first kappa shape index (κ1) is 24.5. The normalized spacial score (nSPS) is 18.0. The zero-order valence-corrected chi connectivity index (χ0v) is 19.2. The van der Waals surface area contributed by atoms with Crippen molar-refractivity contribution >= 4 is 11.6 Å². The van der Waals surface area contributed by atoms with Gasteiger partial charge in [-0.2, -0.15) is 13.2 Å². The number of aryl methyl sites for hydroxylation is 1. The maximum Gasteiger partial charge on any atom is 0.434 e. The molecule has 0 saturated heterocycles. The number of nitrogens with one attached hydrogen (secondary N) is 1. The van der Waals surface area contributed by atoms with E-state index in [1.54, 1.807) is 12.1 Å². The Balaban J connectivity index is 1.97. The Kier molecular flexibility index (Phi) is 7.00. The van der Waals surface area contributed by atoms with E-state index in [9.17, 15) is 22.4 Å². The van der Waals surface area contributed by atoms with Crippen LogP contribution in [0.25, 0.3) is 0 Å². The van der Waals surface area contributed by atoms with Crippen LogP contribution in [0, 0.1) is 18.7 Å². The van der Waals surface area contributed by atoms with Crippen LogP contribution < -0.4 is 10.2 Å². The predicted octanol–water partition coefficient (Wildman–Crippen LogP) is 5.75. The summed E-state index contributed by atoms with van der Waals surface area (Å²) in [7, 11) is 0. The molecule has 1 N–H and O–H groups in total. The highest BCUT2D eigenvalue weighted by Crippen LogP contribution is 2.33. The number of rotatable bonds is 5. The van der Waals surface area contributed by atoms with Gasteiger partial charge in [-0.1, -0.05) is 19.9 Å². The molecule has 3 rings (SSSR count). The van der Waals surface area contributed by atoms with Gasteiger partial charge in [-0.25, -0.2) is 9.37 Å². The van der Waals surface area contributed by atoms with Crippen LogP contribution in [0.4, 0.5) is 23.2 Å². The number of alkyl halides is 3. The number of aromatic nitrogens is 2. The minimum Gasteiger partial charge on any atom is -0.340 e. The van der Waals surface area contributed by atoms with Crippen LogP contribution in [-0.2, 0) is 11.0 Å². The van der Waals surface area contributed by atoms with E-state index in [0.717, 1.165) is 17.6 Å². The topological polar surface area (TPSA) is 50.2 Å². The molecule has 178 valence electrons. The first-order valence-electron chi connectivity index (χ1n) is 10.8. The summed E-state index contributed by atoms with van der Waals surface area (Å²) in [5.74, 6) is -0.708. The maximum absolute atomic E-state index is 13.5. The van der Waals surface area contributed by atoms with Gasteiger partial charge in [-0.05, 0) is 63.5 Å². The molecule has 2 aromatic rings. The summed E-state index contributed by atoms with van der Waals surface area (Å²) < 4.78 is 53.9. The first-order valence-corrected chi connectivity index (χ1v) is 10.8. The number of anilines is 1. The summed E-state index contributed by atoms with van der Waals surface area (Å²) in [6.45, 7) is 8.98. The summed E-state index contributed by atoms with van der Waals surface area (Å²) >= 11 is 0. The Hall–Kier alpha value is -3.10. The summed E-state index contributed by atoms with van der Waals surface area (Å²) in [6.07, 6.45) is 0.726. The molecule has 1 aliphatic heterocycles. The van der Waals surface area contributed by atoms with Crippen molar-refractivity contribution in [3.8, 4) is 0 Å². The Bertz CT molecular complexity index is 1070. The largest absolute Gasteiger partial charge is 0.434 e. The lowest BCUT2D eigenvalue weighted by molar-refractivity contribution is -0.141. The SMILES string of the molecule is Cc1nc(C(F)(F)F)cn1C(C)C(=O)NC1=C(C(C)C)N(c2ccc(F)cc2)C(C)CC=C1. The molecule has 0 bridgehead atoms. The molecule has 0 aliphatic carbocycles. The van der Waals surface area contributed by atoms with E-state index in [0.29, 0.717) is 12.1 Å². The minimum atomic E-state index is -4.59. The molecular weight excluding hydrogens is 436 g/mol. The monoisotopic (exact) mass is 464 g/mol. The van der Waals surface area contributed by atoms with Crippen molar-refractivity contribution in [1.82, 2.24) is 14.9 Å². The number of allylic oxidation sites excluding steroid dienone is 2. The lowest BCUT2D eigenvalue weighted by Crippen LogP contribution is -2.38. The smallest absolute Gasteiger partial charge is 0.340 e. The molecule has 1 aromatic carbocycles. The van der Waals surface area contributed by atoms with Gasteiger partial charge in [0, 0.05) is 23.6 Å². The second kappa shape index (κ2) is 9.41. The Morgan fingerprint density at radius 1 is 1.18 bits per heavy atom. The van der Waals surface area contributed by atoms with Crippen LogP contribution in [-0.4, -0.2) is 21.5 Å². The van der Waals surface area contributed by atoms with Crippen molar-refractivity contribution in [2.24, 2.45) is 5.92 Å². The number of benzene rings is 1. The highest BCUT2D eigenvalue weighted by atomic mass is 19.4. The molecule has 2 unspecified atom stereocenters. The zero-order chi connectivity index (χ0) is 24.5. The second-order valence-electron chi connectivity index (χ2n) is 8.53. The summed E-state index contributed by atoms with van der Waals surface area (Å²) in [5, 5.41) is 2.90. The van der Waals surface area contributed by atoms with Crippen LogP contribution >= 0.6 is 0 Å². The van der Waals surface area contributed by atoms with Crippen LogP contribution in [0.2, 0.25) is 0 Å². The fourth-order valence-electron chi connectivity index (χ4n) is 4.01. The van der Waals surface area contributed by atoms with Crippen molar-refractivity contribution in [2.45, 2.75) is 59.3 Å². The van der Waals surface area contributed by atoms with Crippen molar-refractivity contribution in [3.63, 3.8) is 0 Å². The van der Waals surface area contributed by atoms with Gasteiger partial charge >= 0.3 is 6.18 Å². The highest BCUT2D eigenvalue weighted by Gasteiger charge is 2.35. The van der Waals surface area contributed by atoms with Crippen LogP contribution in [0.1, 0.15) is 51.7 Å². The molecule has 0 saturated carbocycles. The third kappa shape index (κ3) is 5.29. The van der Waals surface area contributed by atoms with Crippen molar-refractivity contribution in [2.75, 3.05) is 4.90 Å². The van der Waals surface area contributed by atoms with Gasteiger partial charge in [0.05, 0.1) is 5.70 Å². The van der Waals surface area contributed by atoms with Gasteiger partial charge in [0.25, 0.3) is 0 Å². The molecule has 0 fully saturated rings. The van der Waals surface area contributed by atoms with Crippen molar-refractivity contribution in [1.29, 1.82) is 0 Å². The third-order valence-electron chi connectivity index (χ3n) is 5.65. The third-order valence-corrected chi connectivity index (χ3v) is 5.65. The van der Waals surface area contributed by atoms with Gasteiger partial charge in [0.15, 0.2) is 5.69 Å². The fourth-order valence-corrected chi connectivity index (χ4v) is 4.01. The van der Waals surface area contributed by atoms with E-state index in [4.69, 9.17) is 0 Å². The highest BCUT2D eigenvalue weighted by molar-refractivity contribution is 5.82. The average Bonchev–Trinajstić information content (AvgIpc) is 3.05. The number of carbonyl (C=O) groups is 1. The summed E-state index contributed by atoms with van der Waals surface area (Å²) in [4.78, 5) is 18.7. The number of halogens is 4.